The minimum atomic E-state index is -0.526. The Morgan fingerprint density at radius 3 is 2.79 bits per heavy atom. The van der Waals surface area contributed by atoms with E-state index in [-0.39, 0.29) is 27.8 Å². The van der Waals surface area contributed by atoms with Gasteiger partial charge < -0.3 is 14.6 Å². The fraction of sp³-hybridized carbons (Fsp3) is 0.250. The Bertz CT molecular complexity index is 1460. The summed E-state index contributed by atoms with van der Waals surface area (Å²) >= 11 is 0. The van der Waals surface area contributed by atoms with Gasteiger partial charge in [-0.05, 0) is 19.1 Å². The highest BCUT2D eigenvalue weighted by molar-refractivity contribution is 5.87. The van der Waals surface area contributed by atoms with Crippen LogP contribution < -0.4 is 15.9 Å². The van der Waals surface area contributed by atoms with E-state index in [1.807, 2.05) is 24.0 Å². The molecule has 0 radical (unpaired) electrons. The monoisotopic (exact) mass is 388 g/mol. The molecule has 29 heavy (non-hydrogen) atoms. The molecule has 1 aromatic carbocycles. The first kappa shape index (κ1) is 17.3. The van der Waals surface area contributed by atoms with Crippen molar-refractivity contribution in [3.8, 4) is 6.07 Å². The fourth-order valence-electron chi connectivity index (χ4n) is 3.70. The summed E-state index contributed by atoms with van der Waals surface area (Å²) in [6.07, 6.45) is 1.47. The quantitative estimate of drug-likeness (QED) is 0.383. The SMILES string of the molecule is Cc1ccc2[nH]c3c(C#N)c(=O)c4nc(N5CCOCC5)ncc4n3c(=O)c2c1. The van der Waals surface area contributed by atoms with Crippen LogP contribution in [0.15, 0.2) is 34.0 Å². The number of fused-ring (bicyclic) bond motifs is 4. The van der Waals surface area contributed by atoms with E-state index < -0.39 is 5.43 Å². The van der Waals surface area contributed by atoms with Crippen molar-refractivity contribution in [2.45, 2.75) is 6.92 Å². The molecule has 4 aromatic rings. The minimum absolute atomic E-state index is 0.0491. The van der Waals surface area contributed by atoms with Gasteiger partial charge in [0, 0.05) is 13.1 Å². The van der Waals surface area contributed by atoms with E-state index in [2.05, 4.69) is 15.0 Å². The zero-order chi connectivity index (χ0) is 20.1. The molecule has 1 fully saturated rings. The first-order valence-corrected chi connectivity index (χ1v) is 9.19. The number of anilines is 1. The van der Waals surface area contributed by atoms with Crippen LogP contribution in [-0.2, 0) is 4.74 Å². The average molecular weight is 388 g/mol. The highest BCUT2D eigenvalue weighted by atomic mass is 16.5. The molecule has 5 rings (SSSR count). The summed E-state index contributed by atoms with van der Waals surface area (Å²) in [5, 5.41) is 10.1. The molecule has 9 nitrogen and oxygen atoms in total. The number of aryl methyl sites for hydroxylation is 1. The molecule has 0 amide bonds. The molecule has 0 spiro atoms. The lowest BCUT2D eigenvalue weighted by atomic mass is 10.1. The predicted molar refractivity (Wildman–Crippen MR) is 107 cm³/mol. The Morgan fingerprint density at radius 2 is 2.03 bits per heavy atom. The van der Waals surface area contributed by atoms with E-state index in [0.717, 1.165) is 5.56 Å². The van der Waals surface area contributed by atoms with Gasteiger partial charge >= 0.3 is 0 Å². The molecule has 4 heterocycles. The summed E-state index contributed by atoms with van der Waals surface area (Å²) in [5.41, 5.74) is 0.945. The fourth-order valence-corrected chi connectivity index (χ4v) is 3.70. The lowest BCUT2D eigenvalue weighted by Crippen LogP contribution is -2.37. The van der Waals surface area contributed by atoms with Crippen LogP contribution in [0.5, 0.6) is 0 Å². The second-order valence-electron chi connectivity index (χ2n) is 6.98. The number of rotatable bonds is 1. The van der Waals surface area contributed by atoms with Gasteiger partial charge in [0.15, 0.2) is 0 Å². The van der Waals surface area contributed by atoms with Crippen molar-refractivity contribution in [3.63, 3.8) is 0 Å². The second-order valence-corrected chi connectivity index (χ2v) is 6.98. The number of ether oxygens (including phenoxy) is 1. The maximum atomic E-state index is 13.3. The molecule has 0 unspecified atom stereocenters. The Morgan fingerprint density at radius 1 is 1.24 bits per heavy atom. The molecular weight excluding hydrogens is 372 g/mol. The van der Waals surface area contributed by atoms with Gasteiger partial charge in [0.05, 0.1) is 35.8 Å². The summed E-state index contributed by atoms with van der Waals surface area (Å²) in [5.74, 6) is 0.384. The molecule has 0 atom stereocenters. The molecule has 9 heteroatoms. The molecule has 3 aromatic heterocycles. The first-order valence-electron chi connectivity index (χ1n) is 9.19. The van der Waals surface area contributed by atoms with Gasteiger partial charge in [-0.15, -0.1) is 0 Å². The van der Waals surface area contributed by atoms with E-state index in [9.17, 15) is 14.9 Å². The van der Waals surface area contributed by atoms with Crippen LogP contribution >= 0.6 is 0 Å². The maximum Gasteiger partial charge on any atom is 0.266 e. The van der Waals surface area contributed by atoms with E-state index >= 15 is 0 Å². The van der Waals surface area contributed by atoms with Crippen LogP contribution in [0, 0.1) is 18.3 Å². The number of benzene rings is 1. The van der Waals surface area contributed by atoms with Gasteiger partial charge in [-0.25, -0.2) is 9.97 Å². The molecule has 0 bridgehead atoms. The molecule has 144 valence electrons. The molecular formula is C20H16N6O3. The summed E-state index contributed by atoms with van der Waals surface area (Å²) in [6.45, 7) is 4.20. The number of aromatic nitrogens is 4. The van der Waals surface area contributed by atoms with E-state index in [1.54, 1.807) is 12.1 Å². The third-order valence-corrected chi connectivity index (χ3v) is 5.17. The van der Waals surface area contributed by atoms with Gasteiger partial charge in [0.1, 0.15) is 22.8 Å². The normalized spacial score (nSPS) is 14.6. The van der Waals surface area contributed by atoms with E-state index in [0.29, 0.717) is 43.2 Å². The topological polar surface area (TPSA) is 116 Å². The number of hydrogen-bond donors (Lipinski definition) is 1. The molecule has 1 N–H and O–H groups in total. The standard InChI is InChI=1S/C20H16N6O3/c1-11-2-3-14-12(8-11)19(28)26-15-10-22-20(25-4-6-29-7-5-25)24-16(15)17(27)13(9-21)18(26)23-14/h2-3,8,10,23H,4-7H2,1H3. The number of aromatic amines is 1. The maximum absolute atomic E-state index is 13.3. The van der Waals surface area contributed by atoms with E-state index in [1.165, 1.54) is 10.6 Å². The molecule has 1 saturated heterocycles. The molecule has 0 saturated carbocycles. The molecule has 0 aliphatic carbocycles. The van der Waals surface area contributed by atoms with Gasteiger partial charge in [-0.1, -0.05) is 11.6 Å². The van der Waals surface area contributed by atoms with Crippen molar-refractivity contribution in [1.82, 2.24) is 19.4 Å². The lowest BCUT2D eigenvalue weighted by molar-refractivity contribution is 0.122. The smallest absolute Gasteiger partial charge is 0.266 e. The summed E-state index contributed by atoms with van der Waals surface area (Å²) in [4.78, 5) is 40.1. The second kappa shape index (κ2) is 6.39. The average Bonchev–Trinajstić information content (AvgIpc) is 2.75. The van der Waals surface area contributed by atoms with Crippen LogP contribution in [0.2, 0.25) is 0 Å². The van der Waals surface area contributed by atoms with Crippen molar-refractivity contribution < 1.29 is 4.74 Å². The van der Waals surface area contributed by atoms with Crippen molar-refractivity contribution in [1.29, 1.82) is 5.26 Å². The minimum Gasteiger partial charge on any atom is -0.378 e. The predicted octanol–water partition coefficient (Wildman–Crippen LogP) is 1.10. The van der Waals surface area contributed by atoms with Gasteiger partial charge in [-0.3, -0.25) is 14.0 Å². The number of morpholine rings is 1. The zero-order valence-corrected chi connectivity index (χ0v) is 15.6. The Labute approximate surface area is 163 Å². The van der Waals surface area contributed by atoms with Crippen LogP contribution in [-0.4, -0.2) is 45.7 Å². The van der Waals surface area contributed by atoms with Gasteiger partial charge in [0.2, 0.25) is 11.4 Å². The van der Waals surface area contributed by atoms with Gasteiger partial charge in [-0.2, -0.15) is 5.26 Å². The molecule has 1 aliphatic heterocycles. The number of nitriles is 1. The van der Waals surface area contributed by atoms with Crippen molar-refractivity contribution in [2.75, 3.05) is 31.2 Å². The summed E-state index contributed by atoms with van der Waals surface area (Å²) < 4.78 is 6.66. The van der Waals surface area contributed by atoms with Crippen LogP contribution in [0.3, 0.4) is 0 Å². The van der Waals surface area contributed by atoms with Gasteiger partial charge in [0.25, 0.3) is 5.56 Å². The zero-order valence-electron chi connectivity index (χ0n) is 15.6. The van der Waals surface area contributed by atoms with Crippen molar-refractivity contribution >= 4 is 33.5 Å². The first-order chi connectivity index (χ1) is 14.1. The third kappa shape index (κ3) is 2.57. The third-order valence-electron chi connectivity index (χ3n) is 5.17. The van der Waals surface area contributed by atoms with E-state index in [4.69, 9.17) is 4.74 Å². The highest BCUT2D eigenvalue weighted by Gasteiger charge is 2.20. The largest absolute Gasteiger partial charge is 0.378 e. The van der Waals surface area contributed by atoms with Crippen LogP contribution in [0.4, 0.5) is 5.95 Å². The lowest BCUT2D eigenvalue weighted by Gasteiger charge is -2.26. The summed E-state index contributed by atoms with van der Waals surface area (Å²) in [7, 11) is 0. The molecule has 1 aliphatic rings. The van der Waals surface area contributed by atoms with Crippen molar-refractivity contribution in [3.05, 3.63) is 56.1 Å². The number of nitrogens with zero attached hydrogens (tertiary/aromatic N) is 5. The summed E-state index contributed by atoms with van der Waals surface area (Å²) in [6, 6.07) is 7.33. The van der Waals surface area contributed by atoms with Crippen molar-refractivity contribution in [2.24, 2.45) is 0 Å². The Balaban J connectivity index is 1.91. The van der Waals surface area contributed by atoms with Crippen LogP contribution in [0.1, 0.15) is 11.1 Å². The number of pyridine rings is 1. The number of hydrogen-bond acceptors (Lipinski definition) is 7. The number of H-pyrrole nitrogens is 1. The Kier molecular flexibility index (Phi) is 3.82. The number of nitrogens with one attached hydrogen (secondary N) is 1. The van der Waals surface area contributed by atoms with Crippen LogP contribution in [0.25, 0.3) is 27.6 Å². The highest BCUT2D eigenvalue weighted by Crippen LogP contribution is 2.18. The Hall–Kier alpha value is -3.77.